The summed E-state index contributed by atoms with van der Waals surface area (Å²) in [6.45, 7) is 2.33. The molecule has 0 N–H and O–H groups in total. The number of esters is 1. The molecule has 8 heteroatoms. The van der Waals surface area contributed by atoms with Crippen LogP contribution >= 0.6 is 11.8 Å². The molecule has 7 nitrogen and oxygen atoms in total. The molecule has 0 aliphatic carbocycles. The molecule has 2 aromatic carbocycles. The summed E-state index contributed by atoms with van der Waals surface area (Å²) in [7, 11) is 1.24. The van der Waals surface area contributed by atoms with Crippen molar-refractivity contribution in [3.8, 4) is 5.75 Å². The first kappa shape index (κ1) is 22.4. The second kappa shape index (κ2) is 9.79. The Labute approximate surface area is 195 Å². The Balaban J connectivity index is 1.48. The molecule has 0 atom stereocenters. The van der Waals surface area contributed by atoms with Crippen LogP contribution in [0.4, 0.5) is 4.79 Å². The first-order valence-electron chi connectivity index (χ1n) is 10.1. The van der Waals surface area contributed by atoms with Crippen LogP contribution in [0, 0.1) is 6.92 Å². The van der Waals surface area contributed by atoms with E-state index in [1.165, 1.54) is 24.8 Å². The number of hydrogen-bond acceptors (Lipinski definition) is 7. The number of nitrogens with zero attached hydrogens (tertiary/aromatic N) is 1. The number of carbonyl (C=O) groups is 3. The topological polar surface area (TPSA) is 86.0 Å². The Kier molecular flexibility index (Phi) is 6.65. The van der Waals surface area contributed by atoms with E-state index in [1.54, 1.807) is 6.08 Å². The van der Waals surface area contributed by atoms with Crippen LogP contribution in [0.2, 0.25) is 0 Å². The maximum Gasteiger partial charge on any atom is 0.373 e. The van der Waals surface area contributed by atoms with E-state index < -0.39 is 17.1 Å². The second-order valence-electron chi connectivity index (χ2n) is 7.34. The fraction of sp³-hybridized carbons (Fsp3) is 0.160. The maximum atomic E-state index is 12.9. The molecule has 1 aliphatic heterocycles. The molecule has 3 aromatic rings. The molecule has 33 heavy (non-hydrogen) atoms. The third-order valence-corrected chi connectivity index (χ3v) is 5.86. The summed E-state index contributed by atoms with van der Waals surface area (Å²) in [4.78, 5) is 38.3. The van der Waals surface area contributed by atoms with Crippen molar-refractivity contribution in [3.63, 3.8) is 0 Å². The normalized spacial score (nSPS) is 14.7. The summed E-state index contributed by atoms with van der Waals surface area (Å²) < 4.78 is 16.0. The Morgan fingerprint density at radius 1 is 1.06 bits per heavy atom. The summed E-state index contributed by atoms with van der Waals surface area (Å²) in [5.74, 6) is -0.138. The van der Waals surface area contributed by atoms with Crippen molar-refractivity contribution < 1.29 is 28.3 Å². The quantitative estimate of drug-likeness (QED) is 0.352. The van der Waals surface area contributed by atoms with Gasteiger partial charge < -0.3 is 13.9 Å². The predicted octanol–water partition coefficient (Wildman–Crippen LogP) is 5.19. The van der Waals surface area contributed by atoms with Gasteiger partial charge in [-0.15, -0.1) is 0 Å². The molecular weight excluding hydrogens is 442 g/mol. The van der Waals surface area contributed by atoms with E-state index in [1.807, 2.05) is 55.5 Å². The summed E-state index contributed by atoms with van der Waals surface area (Å²) in [5.41, 5.74) is 2.90. The minimum atomic E-state index is -0.627. The van der Waals surface area contributed by atoms with E-state index in [0.29, 0.717) is 23.7 Å². The minimum absolute atomic E-state index is 0.00895. The molecule has 4 rings (SSSR count). The lowest BCUT2D eigenvalue weighted by Gasteiger charge is -2.11. The van der Waals surface area contributed by atoms with Crippen molar-refractivity contribution >= 4 is 35.0 Å². The molecule has 1 aliphatic rings. The van der Waals surface area contributed by atoms with Gasteiger partial charge in [0, 0.05) is 5.56 Å². The van der Waals surface area contributed by atoms with Gasteiger partial charge in [-0.05, 0) is 48.5 Å². The van der Waals surface area contributed by atoms with E-state index in [-0.39, 0.29) is 17.2 Å². The highest BCUT2D eigenvalue weighted by Gasteiger charge is 2.36. The summed E-state index contributed by atoms with van der Waals surface area (Å²) in [6, 6.07) is 18.4. The fourth-order valence-corrected chi connectivity index (χ4v) is 4.01. The Morgan fingerprint density at radius 2 is 1.82 bits per heavy atom. The minimum Gasteiger partial charge on any atom is -0.488 e. The van der Waals surface area contributed by atoms with Crippen LogP contribution in [0.1, 0.15) is 33.0 Å². The van der Waals surface area contributed by atoms with Gasteiger partial charge in [-0.1, -0.05) is 48.0 Å². The number of amides is 2. The number of furan rings is 1. The van der Waals surface area contributed by atoms with E-state index >= 15 is 0 Å². The van der Waals surface area contributed by atoms with Crippen LogP contribution < -0.4 is 4.74 Å². The first-order valence-corrected chi connectivity index (χ1v) is 11.0. The Bertz CT molecular complexity index is 1230. The summed E-state index contributed by atoms with van der Waals surface area (Å²) in [6.07, 6.45) is 1.65. The first-order chi connectivity index (χ1) is 15.9. The van der Waals surface area contributed by atoms with Crippen LogP contribution in [0.5, 0.6) is 5.75 Å². The third kappa shape index (κ3) is 5.18. The lowest BCUT2D eigenvalue weighted by Crippen LogP contribution is -2.27. The molecule has 1 fully saturated rings. The molecular formula is C25H21NO6S. The highest BCUT2D eigenvalue weighted by molar-refractivity contribution is 8.18. The van der Waals surface area contributed by atoms with Gasteiger partial charge in [-0.2, -0.15) is 0 Å². The van der Waals surface area contributed by atoms with Gasteiger partial charge in [0.15, 0.2) is 0 Å². The van der Waals surface area contributed by atoms with Crippen molar-refractivity contribution in [2.45, 2.75) is 20.1 Å². The predicted molar refractivity (Wildman–Crippen MR) is 124 cm³/mol. The number of para-hydroxylation sites is 1. The van der Waals surface area contributed by atoms with Gasteiger partial charge in [0.2, 0.25) is 5.76 Å². The molecule has 2 heterocycles. The zero-order valence-electron chi connectivity index (χ0n) is 18.1. The second-order valence-corrected chi connectivity index (χ2v) is 8.33. The number of benzene rings is 2. The zero-order valence-corrected chi connectivity index (χ0v) is 18.9. The van der Waals surface area contributed by atoms with Gasteiger partial charge >= 0.3 is 5.97 Å². The molecule has 168 valence electrons. The number of rotatable bonds is 7. The molecule has 2 amide bonds. The van der Waals surface area contributed by atoms with Gasteiger partial charge in [-0.3, -0.25) is 14.5 Å². The van der Waals surface area contributed by atoms with E-state index in [9.17, 15) is 14.4 Å². The largest absolute Gasteiger partial charge is 0.488 e. The zero-order chi connectivity index (χ0) is 23.4. The number of carbonyl (C=O) groups excluding carboxylic acids is 3. The Hall–Kier alpha value is -3.78. The number of aryl methyl sites for hydroxylation is 1. The van der Waals surface area contributed by atoms with Crippen LogP contribution in [0.25, 0.3) is 6.08 Å². The molecule has 0 bridgehead atoms. The molecule has 1 saturated heterocycles. The fourth-order valence-electron chi connectivity index (χ4n) is 3.18. The van der Waals surface area contributed by atoms with Gasteiger partial charge in [0.05, 0.1) is 18.6 Å². The van der Waals surface area contributed by atoms with Crippen molar-refractivity contribution in [1.29, 1.82) is 0 Å². The average Bonchev–Trinajstić information content (AvgIpc) is 3.39. The van der Waals surface area contributed by atoms with Crippen molar-refractivity contribution in [2.75, 3.05) is 7.11 Å². The SMILES string of the molecule is COC(=O)c1ccc(CN2C(=O)S/C(=C/c3ccccc3OCc3ccc(C)cc3)C2=O)o1. The number of ether oxygens (including phenoxy) is 2. The lowest BCUT2D eigenvalue weighted by molar-refractivity contribution is -0.123. The number of hydrogen-bond donors (Lipinski definition) is 0. The molecule has 0 spiro atoms. The van der Waals surface area contributed by atoms with Gasteiger partial charge in [0.1, 0.15) is 18.1 Å². The number of methoxy groups -OCH3 is 1. The number of imide groups is 1. The van der Waals surface area contributed by atoms with E-state index in [2.05, 4.69) is 4.74 Å². The smallest absolute Gasteiger partial charge is 0.373 e. The summed E-state index contributed by atoms with van der Waals surface area (Å²) in [5, 5.41) is -0.416. The van der Waals surface area contributed by atoms with Crippen LogP contribution in [-0.2, 0) is 22.7 Å². The maximum absolute atomic E-state index is 12.9. The number of thioether (sulfide) groups is 1. The summed E-state index contributed by atoms with van der Waals surface area (Å²) >= 11 is 0.848. The van der Waals surface area contributed by atoms with Crippen LogP contribution in [0.15, 0.2) is 70.0 Å². The standard InChI is InChI=1S/C25H21NO6S/c1-16-7-9-17(10-8-16)15-31-20-6-4-3-5-18(20)13-22-23(27)26(25(29)33-22)14-19-11-12-21(32-19)24(28)30-2/h3-13H,14-15H2,1-2H3/b22-13+. The van der Waals surface area contributed by atoms with Crippen molar-refractivity contribution in [1.82, 2.24) is 4.90 Å². The molecule has 0 radical (unpaired) electrons. The molecule has 0 unspecified atom stereocenters. The van der Waals surface area contributed by atoms with Crippen LogP contribution in [-0.4, -0.2) is 29.1 Å². The van der Waals surface area contributed by atoms with Crippen molar-refractivity contribution in [2.24, 2.45) is 0 Å². The molecule has 1 aromatic heterocycles. The average molecular weight is 464 g/mol. The molecule has 0 saturated carbocycles. The third-order valence-electron chi connectivity index (χ3n) is 4.96. The van der Waals surface area contributed by atoms with Gasteiger partial charge in [-0.25, -0.2) is 4.79 Å². The lowest BCUT2D eigenvalue weighted by atomic mass is 10.1. The van der Waals surface area contributed by atoms with E-state index in [0.717, 1.165) is 22.2 Å². The van der Waals surface area contributed by atoms with E-state index in [4.69, 9.17) is 9.15 Å². The van der Waals surface area contributed by atoms with Crippen molar-refractivity contribution in [3.05, 3.63) is 93.8 Å². The monoisotopic (exact) mass is 463 g/mol. The Morgan fingerprint density at radius 3 is 2.58 bits per heavy atom. The van der Waals surface area contributed by atoms with Gasteiger partial charge in [0.25, 0.3) is 11.1 Å². The highest BCUT2D eigenvalue weighted by atomic mass is 32.2. The van der Waals surface area contributed by atoms with Crippen LogP contribution in [0.3, 0.4) is 0 Å². The highest BCUT2D eigenvalue weighted by Crippen LogP contribution is 2.35.